The Morgan fingerprint density at radius 1 is 1.20 bits per heavy atom. The molecule has 2 aromatic carbocycles. The first kappa shape index (κ1) is 26.6. The molecule has 0 spiro atoms. The van der Waals surface area contributed by atoms with Crippen LogP contribution in [0.4, 0.5) is 10.5 Å². The summed E-state index contributed by atoms with van der Waals surface area (Å²) < 4.78 is 10.8. The Balaban J connectivity index is 1.74. The molecule has 1 heterocycles. The predicted octanol–water partition coefficient (Wildman–Crippen LogP) is 5.06. The van der Waals surface area contributed by atoms with Crippen LogP contribution in [0.3, 0.4) is 0 Å². The van der Waals surface area contributed by atoms with Crippen molar-refractivity contribution < 1.29 is 33.8 Å². The standard InChI is InChI=1S/C23H20BrClN2O7S/c1-3-33-18-7-12(15(24)10-17(18)28)8-19-21(30)27(23(32)35-19)11-20(29)26-13-5-6-16(25)14(9-13)22(31)34-4-2/h5-10,28H,3-4,11H2,1-2H3,(H,26,29)/b19-8-. The molecule has 1 saturated heterocycles. The fourth-order valence-electron chi connectivity index (χ4n) is 3.03. The molecule has 35 heavy (non-hydrogen) atoms. The lowest BCUT2D eigenvalue weighted by molar-refractivity contribution is -0.127. The first-order valence-electron chi connectivity index (χ1n) is 10.3. The number of hydrogen-bond donors (Lipinski definition) is 2. The van der Waals surface area contributed by atoms with Gasteiger partial charge in [-0.1, -0.05) is 27.5 Å². The number of hydrogen-bond acceptors (Lipinski definition) is 8. The molecule has 1 aliphatic rings. The van der Waals surface area contributed by atoms with Gasteiger partial charge in [0.1, 0.15) is 6.54 Å². The van der Waals surface area contributed by atoms with Gasteiger partial charge >= 0.3 is 5.97 Å². The van der Waals surface area contributed by atoms with Crippen LogP contribution in [-0.2, 0) is 14.3 Å². The maximum absolute atomic E-state index is 12.8. The van der Waals surface area contributed by atoms with Crippen molar-refractivity contribution >= 4 is 74.1 Å². The molecule has 0 unspecified atom stereocenters. The number of thioether (sulfide) groups is 1. The number of phenols is 1. The normalized spacial score (nSPS) is 14.4. The number of nitrogens with zero attached hydrogens (tertiary/aromatic N) is 1. The third kappa shape index (κ3) is 6.36. The monoisotopic (exact) mass is 582 g/mol. The van der Waals surface area contributed by atoms with Crippen molar-refractivity contribution in [1.82, 2.24) is 4.90 Å². The van der Waals surface area contributed by atoms with Crippen LogP contribution in [0.15, 0.2) is 39.7 Å². The smallest absolute Gasteiger partial charge is 0.339 e. The largest absolute Gasteiger partial charge is 0.504 e. The van der Waals surface area contributed by atoms with Crippen molar-refractivity contribution in [3.63, 3.8) is 0 Å². The van der Waals surface area contributed by atoms with Gasteiger partial charge in [0.05, 0.1) is 28.7 Å². The minimum atomic E-state index is -0.643. The Labute approximate surface area is 218 Å². The van der Waals surface area contributed by atoms with E-state index in [1.54, 1.807) is 13.8 Å². The quantitative estimate of drug-likeness (QED) is 0.327. The number of aromatic hydroxyl groups is 1. The molecule has 0 aliphatic carbocycles. The van der Waals surface area contributed by atoms with Crippen LogP contribution < -0.4 is 10.1 Å². The Morgan fingerprint density at radius 3 is 2.63 bits per heavy atom. The number of halogens is 2. The second kappa shape index (κ2) is 11.6. The Kier molecular flexibility index (Phi) is 8.82. The van der Waals surface area contributed by atoms with Crippen LogP contribution in [-0.4, -0.2) is 52.8 Å². The fourth-order valence-corrected chi connectivity index (χ4v) is 4.50. The van der Waals surface area contributed by atoms with Gasteiger partial charge in [0, 0.05) is 10.2 Å². The summed E-state index contributed by atoms with van der Waals surface area (Å²) in [6.45, 7) is 3.38. The van der Waals surface area contributed by atoms with E-state index >= 15 is 0 Å². The van der Waals surface area contributed by atoms with Gasteiger partial charge in [0.2, 0.25) is 5.91 Å². The fraction of sp³-hybridized carbons (Fsp3) is 0.217. The molecule has 1 aliphatic heterocycles. The number of ether oxygens (including phenoxy) is 2. The zero-order valence-corrected chi connectivity index (χ0v) is 21.8. The minimum absolute atomic E-state index is 0.0750. The summed E-state index contributed by atoms with van der Waals surface area (Å²) in [5.74, 6) is -1.77. The van der Waals surface area contributed by atoms with Gasteiger partial charge in [0.15, 0.2) is 11.5 Å². The van der Waals surface area contributed by atoms with Crippen molar-refractivity contribution in [2.45, 2.75) is 13.8 Å². The zero-order chi connectivity index (χ0) is 25.7. The molecule has 3 amide bonds. The Morgan fingerprint density at radius 2 is 1.94 bits per heavy atom. The van der Waals surface area contributed by atoms with Crippen molar-refractivity contribution in [1.29, 1.82) is 0 Å². The van der Waals surface area contributed by atoms with E-state index < -0.39 is 29.6 Å². The average Bonchev–Trinajstić information content (AvgIpc) is 3.05. The lowest BCUT2D eigenvalue weighted by atomic mass is 10.2. The van der Waals surface area contributed by atoms with E-state index in [4.69, 9.17) is 21.1 Å². The van der Waals surface area contributed by atoms with Gasteiger partial charge in [-0.2, -0.15) is 0 Å². The molecule has 2 aromatic rings. The zero-order valence-electron chi connectivity index (χ0n) is 18.6. The van der Waals surface area contributed by atoms with E-state index in [0.29, 0.717) is 28.4 Å². The van der Waals surface area contributed by atoms with Crippen molar-refractivity contribution in [3.8, 4) is 11.5 Å². The van der Waals surface area contributed by atoms with Crippen molar-refractivity contribution in [2.24, 2.45) is 0 Å². The average molecular weight is 584 g/mol. The second-order valence-electron chi connectivity index (χ2n) is 7.01. The first-order chi connectivity index (χ1) is 16.6. The highest BCUT2D eigenvalue weighted by molar-refractivity contribution is 9.10. The Bertz CT molecular complexity index is 1230. The second-order valence-corrected chi connectivity index (χ2v) is 9.26. The minimum Gasteiger partial charge on any atom is -0.504 e. The summed E-state index contributed by atoms with van der Waals surface area (Å²) >= 11 is 10.0. The highest BCUT2D eigenvalue weighted by Crippen LogP contribution is 2.37. The maximum atomic E-state index is 12.8. The number of anilines is 1. The van der Waals surface area contributed by atoms with Gasteiger partial charge in [-0.15, -0.1) is 0 Å². The topological polar surface area (TPSA) is 122 Å². The van der Waals surface area contributed by atoms with Crippen LogP contribution in [0.25, 0.3) is 6.08 Å². The number of esters is 1. The van der Waals surface area contributed by atoms with E-state index in [9.17, 15) is 24.3 Å². The SMILES string of the molecule is CCOC(=O)c1cc(NC(=O)CN2C(=O)S/C(=C\c3cc(OCC)c(O)cc3Br)C2=O)ccc1Cl. The number of nitrogens with one attached hydrogen (secondary N) is 1. The Hall–Kier alpha value is -3.02. The third-order valence-corrected chi connectivity index (χ3v) is 6.51. The van der Waals surface area contributed by atoms with Gasteiger partial charge in [-0.25, -0.2) is 4.79 Å². The number of benzene rings is 2. The molecule has 0 bridgehead atoms. The van der Waals surface area contributed by atoms with E-state index in [1.807, 2.05) is 0 Å². The van der Waals surface area contributed by atoms with Gasteiger partial charge in [-0.05, 0) is 67.6 Å². The number of imide groups is 1. The molecule has 9 nitrogen and oxygen atoms in total. The van der Waals surface area contributed by atoms with Crippen LogP contribution in [0.1, 0.15) is 29.8 Å². The van der Waals surface area contributed by atoms with E-state index in [0.717, 1.165) is 4.90 Å². The lowest BCUT2D eigenvalue weighted by Crippen LogP contribution is -2.36. The molecule has 12 heteroatoms. The molecule has 184 valence electrons. The van der Waals surface area contributed by atoms with Crippen molar-refractivity contribution in [3.05, 3.63) is 55.9 Å². The first-order valence-corrected chi connectivity index (χ1v) is 12.3. The van der Waals surface area contributed by atoms with E-state index in [2.05, 4.69) is 21.2 Å². The number of carbonyl (C=O) groups is 4. The molecular formula is C23H20BrClN2O7S. The van der Waals surface area contributed by atoms with Crippen LogP contribution >= 0.6 is 39.3 Å². The van der Waals surface area contributed by atoms with Crippen LogP contribution in [0.2, 0.25) is 5.02 Å². The highest BCUT2D eigenvalue weighted by atomic mass is 79.9. The molecule has 1 fully saturated rings. The van der Waals surface area contributed by atoms with Crippen molar-refractivity contribution in [2.75, 3.05) is 25.1 Å². The van der Waals surface area contributed by atoms with Gasteiger partial charge in [-0.3, -0.25) is 19.3 Å². The van der Waals surface area contributed by atoms with Crippen LogP contribution in [0.5, 0.6) is 11.5 Å². The van der Waals surface area contributed by atoms with E-state index in [1.165, 1.54) is 36.4 Å². The number of carbonyl (C=O) groups excluding carboxylic acids is 4. The van der Waals surface area contributed by atoms with Gasteiger partial charge < -0.3 is 19.9 Å². The summed E-state index contributed by atoms with van der Waals surface area (Å²) in [5.41, 5.74) is 0.835. The van der Waals surface area contributed by atoms with E-state index in [-0.39, 0.29) is 39.3 Å². The highest BCUT2D eigenvalue weighted by Gasteiger charge is 2.36. The molecule has 0 saturated carbocycles. The predicted molar refractivity (Wildman–Crippen MR) is 136 cm³/mol. The number of rotatable bonds is 8. The molecule has 0 aromatic heterocycles. The summed E-state index contributed by atoms with van der Waals surface area (Å²) in [7, 11) is 0. The summed E-state index contributed by atoms with van der Waals surface area (Å²) in [4.78, 5) is 50.7. The summed E-state index contributed by atoms with van der Waals surface area (Å²) in [6, 6.07) is 7.22. The lowest BCUT2D eigenvalue weighted by Gasteiger charge is -2.13. The number of amides is 3. The molecule has 0 atom stereocenters. The molecule has 2 N–H and O–H groups in total. The molecule has 0 radical (unpaired) electrons. The third-order valence-electron chi connectivity index (χ3n) is 4.59. The summed E-state index contributed by atoms with van der Waals surface area (Å²) in [5, 5.41) is 12.1. The maximum Gasteiger partial charge on any atom is 0.339 e. The van der Waals surface area contributed by atoms with Crippen LogP contribution in [0, 0.1) is 0 Å². The molecular weight excluding hydrogens is 564 g/mol. The van der Waals surface area contributed by atoms with Gasteiger partial charge in [0.25, 0.3) is 11.1 Å². The summed E-state index contributed by atoms with van der Waals surface area (Å²) in [6.07, 6.45) is 1.47. The molecule has 3 rings (SSSR count). The number of phenolic OH excluding ortho intramolecular Hbond substituents is 1.